The van der Waals surface area contributed by atoms with Gasteiger partial charge in [-0.2, -0.15) is 19.0 Å². The van der Waals surface area contributed by atoms with Gasteiger partial charge in [0.05, 0.1) is 33.4 Å². The second-order valence-electron chi connectivity index (χ2n) is 14.1. The molecule has 6 rings (SSSR count). The van der Waals surface area contributed by atoms with Crippen LogP contribution in [0.4, 0.5) is 23.4 Å². The van der Waals surface area contributed by atoms with Gasteiger partial charge < -0.3 is 10.4 Å². The molecule has 5 aromatic rings. The van der Waals surface area contributed by atoms with E-state index in [0.717, 1.165) is 22.9 Å². The second-order valence-corrected chi connectivity index (χ2v) is 15.6. The normalized spacial score (nSPS) is 17.5. The highest BCUT2D eigenvalue weighted by molar-refractivity contribution is 7.85. The number of anilines is 1. The minimum atomic E-state index is -3.24. The average Bonchev–Trinajstić information content (AvgIpc) is 3.63. The van der Waals surface area contributed by atoms with Gasteiger partial charge in [-0.3, -0.25) is 18.9 Å². The number of carbonyl (C=O) groups is 1. The van der Waals surface area contributed by atoms with Crippen molar-refractivity contribution in [1.29, 1.82) is 0 Å². The number of fused-ring (bicyclic) bond motifs is 2. The molecule has 1 unspecified atom stereocenters. The number of halogens is 5. The van der Waals surface area contributed by atoms with E-state index in [1.54, 1.807) is 45.2 Å². The van der Waals surface area contributed by atoms with Crippen LogP contribution >= 0.6 is 11.6 Å². The highest BCUT2D eigenvalue weighted by Gasteiger charge is 2.54. The van der Waals surface area contributed by atoms with E-state index < -0.39 is 64.5 Å². The molecule has 0 fully saturated rings. The Morgan fingerprint density at radius 2 is 1.78 bits per heavy atom. The lowest BCUT2D eigenvalue weighted by Crippen LogP contribution is -2.35. The van der Waals surface area contributed by atoms with E-state index in [1.807, 2.05) is 0 Å². The van der Waals surface area contributed by atoms with Crippen molar-refractivity contribution in [2.24, 2.45) is 13.0 Å². The van der Waals surface area contributed by atoms with E-state index in [4.69, 9.17) is 16.6 Å². The van der Waals surface area contributed by atoms with Gasteiger partial charge in [0, 0.05) is 42.0 Å². The number of rotatable bonds is 9. The average molecular weight is 784 g/mol. The van der Waals surface area contributed by atoms with E-state index in [0.29, 0.717) is 38.3 Å². The summed E-state index contributed by atoms with van der Waals surface area (Å²) in [5, 5.41) is 22.8. The fraction of sp³-hybridized carbons (Fsp3) is 0.368. The predicted octanol–water partition coefficient (Wildman–Crippen LogP) is 6.84. The van der Waals surface area contributed by atoms with Crippen LogP contribution in [0.3, 0.4) is 0 Å². The van der Waals surface area contributed by atoms with Gasteiger partial charge in [-0.15, -0.1) is 0 Å². The number of carbonyl (C=O) groups excluding carboxylic acids is 1. The van der Waals surface area contributed by atoms with Crippen molar-refractivity contribution >= 4 is 45.2 Å². The summed E-state index contributed by atoms with van der Waals surface area (Å²) in [4.78, 5) is 18.8. The standard InChI is InChI=1S/C38H38ClF4N7O3S/c1-19-20(2)38(42,43)35-31(19)21(3)46-50(35)18-30(51)45-29(16-22-14-23(40)17-24(41)15-22)33-26(9-8-25(44-33)12-13-37(4,5)52)27-10-11-28(39)32-34(27)49(6)47-36(32)48-54(7)53/h8-11,14-15,17,19-20,29,52H,16,18H2,1-7H3,(H,45,51)(H,47,48)/t19-,20-,29-,54?/m0/s1. The number of nitrogens with zero attached hydrogens (tertiary/aromatic N) is 5. The van der Waals surface area contributed by atoms with E-state index in [-0.39, 0.29) is 34.9 Å². The molecular formula is C38H38ClF4N7O3S. The van der Waals surface area contributed by atoms with Crippen LogP contribution in [0.15, 0.2) is 42.5 Å². The van der Waals surface area contributed by atoms with Gasteiger partial charge in [-0.05, 0) is 74.9 Å². The third kappa shape index (κ3) is 7.60. The number of hydrogen-bond acceptors (Lipinski definition) is 6. The molecule has 2 aromatic carbocycles. The molecule has 284 valence electrons. The zero-order chi connectivity index (χ0) is 39.4. The largest absolute Gasteiger partial charge is 0.378 e. The van der Waals surface area contributed by atoms with Crippen molar-refractivity contribution in [1.82, 2.24) is 29.9 Å². The summed E-state index contributed by atoms with van der Waals surface area (Å²) < 4.78 is 77.7. The van der Waals surface area contributed by atoms with Gasteiger partial charge >= 0.3 is 0 Å². The maximum Gasteiger partial charge on any atom is 0.292 e. The minimum absolute atomic E-state index is 0.169. The maximum absolute atomic E-state index is 15.6. The molecule has 1 aliphatic carbocycles. The quantitative estimate of drug-likeness (QED) is 0.111. The van der Waals surface area contributed by atoms with Gasteiger partial charge in [0.25, 0.3) is 5.92 Å². The Morgan fingerprint density at radius 1 is 1.11 bits per heavy atom. The SMILES string of the molecule is Cc1nn(CC(=O)N[C@@H](Cc2cc(F)cc(F)c2)c2nc(C#CC(C)(C)O)ccc2-c2ccc(Cl)c3c(NS(C)=O)nn(C)c23)c2c1[C@@H](C)[C@H](C)C2(F)F. The van der Waals surface area contributed by atoms with Gasteiger partial charge in [-0.1, -0.05) is 37.4 Å². The third-order valence-corrected chi connectivity index (χ3v) is 10.3. The van der Waals surface area contributed by atoms with Crippen LogP contribution in [-0.4, -0.2) is 51.6 Å². The molecule has 10 nitrogen and oxygen atoms in total. The summed E-state index contributed by atoms with van der Waals surface area (Å²) >= 11 is 6.65. The highest BCUT2D eigenvalue weighted by Crippen LogP contribution is 2.53. The van der Waals surface area contributed by atoms with Gasteiger partial charge in [0.15, 0.2) is 5.82 Å². The number of hydrogen-bond donors (Lipinski definition) is 3. The Hall–Kier alpha value is -4.78. The van der Waals surface area contributed by atoms with Crippen molar-refractivity contribution in [2.75, 3.05) is 11.0 Å². The van der Waals surface area contributed by atoms with E-state index in [9.17, 15) is 22.9 Å². The summed E-state index contributed by atoms with van der Waals surface area (Å²) in [6.45, 7) is 7.20. The molecule has 3 heterocycles. The first kappa shape index (κ1) is 38.9. The zero-order valence-electron chi connectivity index (χ0n) is 30.5. The lowest BCUT2D eigenvalue weighted by Gasteiger charge is -2.23. The van der Waals surface area contributed by atoms with Crippen LogP contribution in [0.2, 0.25) is 5.02 Å². The van der Waals surface area contributed by atoms with E-state index >= 15 is 8.78 Å². The van der Waals surface area contributed by atoms with Crippen molar-refractivity contribution in [3.63, 3.8) is 0 Å². The summed E-state index contributed by atoms with van der Waals surface area (Å²) in [5.41, 5.74) is 1.12. The topological polar surface area (TPSA) is 127 Å². The first-order valence-electron chi connectivity index (χ1n) is 17.0. The Labute approximate surface area is 316 Å². The summed E-state index contributed by atoms with van der Waals surface area (Å²) in [6, 6.07) is 8.47. The first-order chi connectivity index (χ1) is 25.2. The number of nitrogens with one attached hydrogen (secondary N) is 2. The van der Waals surface area contributed by atoms with Gasteiger partial charge in [-0.25, -0.2) is 18.0 Å². The lowest BCUT2D eigenvalue weighted by molar-refractivity contribution is -0.123. The molecule has 0 saturated carbocycles. The fourth-order valence-electron chi connectivity index (χ4n) is 7.00. The Balaban J connectivity index is 1.53. The molecule has 0 bridgehead atoms. The molecule has 4 atom stereocenters. The lowest BCUT2D eigenvalue weighted by atomic mass is 9.93. The second kappa shape index (κ2) is 14.5. The molecule has 0 aliphatic heterocycles. The molecular weight excluding hydrogens is 746 g/mol. The molecule has 0 radical (unpaired) electrons. The molecule has 1 amide bonds. The highest BCUT2D eigenvalue weighted by atomic mass is 35.5. The zero-order valence-corrected chi connectivity index (χ0v) is 32.1. The van der Waals surface area contributed by atoms with Crippen LogP contribution in [0.1, 0.15) is 73.6 Å². The Bertz CT molecular complexity index is 2380. The molecule has 0 saturated heterocycles. The van der Waals surface area contributed by atoms with Crippen molar-refractivity contribution in [3.05, 3.63) is 93.0 Å². The molecule has 3 N–H and O–H groups in total. The molecule has 3 aromatic heterocycles. The summed E-state index contributed by atoms with van der Waals surface area (Å²) in [5.74, 6) is -1.33. The number of amides is 1. The van der Waals surface area contributed by atoms with E-state index in [2.05, 4.69) is 32.1 Å². The first-order valence-corrected chi connectivity index (χ1v) is 18.9. The summed E-state index contributed by atoms with van der Waals surface area (Å²) in [6.07, 6.45) is 1.25. The minimum Gasteiger partial charge on any atom is -0.378 e. The van der Waals surface area contributed by atoms with Crippen LogP contribution in [0, 0.1) is 36.3 Å². The Kier molecular flexibility index (Phi) is 10.4. The monoisotopic (exact) mass is 783 g/mol. The molecule has 16 heteroatoms. The van der Waals surface area contributed by atoms with Crippen molar-refractivity contribution in [3.8, 4) is 23.0 Å². The maximum atomic E-state index is 15.6. The third-order valence-electron chi connectivity index (χ3n) is 9.48. The summed E-state index contributed by atoms with van der Waals surface area (Å²) in [7, 11) is 0.169. The number of benzene rings is 2. The van der Waals surface area contributed by atoms with E-state index in [1.165, 1.54) is 31.7 Å². The van der Waals surface area contributed by atoms with Crippen LogP contribution in [0.25, 0.3) is 22.0 Å². The van der Waals surface area contributed by atoms with Crippen LogP contribution < -0.4 is 10.0 Å². The number of aromatic nitrogens is 5. The van der Waals surface area contributed by atoms with Crippen LogP contribution in [-0.2, 0) is 41.7 Å². The Morgan fingerprint density at radius 3 is 2.43 bits per heavy atom. The smallest absolute Gasteiger partial charge is 0.292 e. The molecule has 1 aliphatic rings. The number of aliphatic hydroxyl groups is 1. The predicted molar refractivity (Wildman–Crippen MR) is 199 cm³/mol. The van der Waals surface area contributed by atoms with Gasteiger partial charge in [0.2, 0.25) is 5.91 Å². The fourth-order valence-corrected chi connectivity index (χ4v) is 7.66. The van der Waals surface area contributed by atoms with Crippen molar-refractivity contribution in [2.45, 2.75) is 71.1 Å². The number of aryl methyl sites for hydroxylation is 2. The number of alkyl halides is 2. The van der Waals surface area contributed by atoms with Gasteiger partial charge in [0.1, 0.15) is 46.2 Å². The van der Waals surface area contributed by atoms with Crippen molar-refractivity contribution < 1.29 is 31.7 Å². The van der Waals surface area contributed by atoms with Crippen LogP contribution in [0.5, 0.6) is 0 Å². The molecule has 0 spiro atoms. The number of pyridine rings is 1. The molecule has 54 heavy (non-hydrogen) atoms.